The van der Waals surface area contributed by atoms with E-state index in [0.717, 1.165) is 0 Å². The van der Waals surface area contributed by atoms with Gasteiger partial charge in [-0.1, -0.05) is 0 Å². The summed E-state index contributed by atoms with van der Waals surface area (Å²) in [5, 5.41) is 21.7. The van der Waals surface area contributed by atoms with Crippen molar-refractivity contribution in [2.75, 3.05) is 13.6 Å². The smallest absolute Gasteiger partial charge is 0.164 e. The normalized spacial score (nSPS) is 15.7. The van der Waals surface area contributed by atoms with Gasteiger partial charge in [0, 0.05) is 6.54 Å². The van der Waals surface area contributed by atoms with E-state index in [9.17, 15) is 10.2 Å². The van der Waals surface area contributed by atoms with Crippen molar-refractivity contribution in [1.82, 2.24) is 5.32 Å². The molecule has 1 rings (SSSR count). The summed E-state index contributed by atoms with van der Waals surface area (Å²) in [6, 6.07) is 3.40. The lowest BCUT2D eigenvalue weighted by Crippen LogP contribution is -2.29. The van der Waals surface area contributed by atoms with E-state index in [1.165, 1.54) is 0 Å². The standard InChI is InChI=1S/C8H12INO3/c1-10-4-5(11)8(12)6-2-3-7(9)13-6/h2-3,5,8,10-12H,4H2,1H3. The van der Waals surface area contributed by atoms with E-state index in [2.05, 4.69) is 5.32 Å². The van der Waals surface area contributed by atoms with Crippen molar-refractivity contribution in [2.45, 2.75) is 12.2 Å². The number of likely N-dealkylation sites (N-methyl/N-ethyl adjacent to an activating group) is 1. The molecule has 0 spiro atoms. The molecule has 0 radical (unpaired) electrons. The molecule has 5 heteroatoms. The summed E-state index contributed by atoms with van der Waals surface area (Å²) in [5.41, 5.74) is 0. The van der Waals surface area contributed by atoms with Crippen LogP contribution in [-0.2, 0) is 0 Å². The molecule has 4 nitrogen and oxygen atoms in total. The molecular weight excluding hydrogens is 285 g/mol. The third kappa shape index (κ3) is 2.94. The number of furan rings is 1. The van der Waals surface area contributed by atoms with Crippen LogP contribution < -0.4 is 5.32 Å². The first-order chi connectivity index (χ1) is 6.15. The molecule has 0 fully saturated rings. The van der Waals surface area contributed by atoms with Crippen LogP contribution in [0.25, 0.3) is 0 Å². The molecule has 0 aromatic carbocycles. The number of hydrogen-bond acceptors (Lipinski definition) is 4. The van der Waals surface area contributed by atoms with Crippen molar-refractivity contribution in [3.05, 3.63) is 21.7 Å². The fourth-order valence-corrected chi connectivity index (χ4v) is 1.43. The van der Waals surface area contributed by atoms with E-state index < -0.39 is 12.2 Å². The van der Waals surface area contributed by atoms with E-state index in [4.69, 9.17) is 4.42 Å². The van der Waals surface area contributed by atoms with Crippen molar-refractivity contribution in [3.8, 4) is 0 Å². The average Bonchev–Trinajstić information content (AvgIpc) is 2.51. The molecule has 0 bridgehead atoms. The largest absolute Gasteiger partial charge is 0.453 e. The van der Waals surface area contributed by atoms with Gasteiger partial charge in [0.1, 0.15) is 11.9 Å². The van der Waals surface area contributed by atoms with Gasteiger partial charge in [0.2, 0.25) is 0 Å². The molecule has 0 aliphatic carbocycles. The van der Waals surface area contributed by atoms with Gasteiger partial charge in [-0.25, -0.2) is 0 Å². The number of aliphatic hydroxyl groups excluding tert-OH is 2. The number of hydrogen-bond donors (Lipinski definition) is 3. The van der Waals surface area contributed by atoms with Gasteiger partial charge in [0.05, 0.1) is 6.10 Å². The van der Waals surface area contributed by atoms with Gasteiger partial charge in [-0.15, -0.1) is 0 Å². The summed E-state index contributed by atoms with van der Waals surface area (Å²) in [4.78, 5) is 0. The van der Waals surface area contributed by atoms with Crippen molar-refractivity contribution in [3.63, 3.8) is 0 Å². The molecule has 1 aromatic heterocycles. The number of aliphatic hydroxyl groups is 2. The Bertz CT molecular complexity index is 264. The molecule has 0 saturated carbocycles. The minimum Gasteiger partial charge on any atom is -0.453 e. The van der Waals surface area contributed by atoms with Gasteiger partial charge in [-0.2, -0.15) is 0 Å². The first-order valence-corrected chi connectivity index (χ1v) is 4.99. The number of rotatable bonds is 4. The average molecular weight is 297 g/mol. The monoisotopic (exact) mass is 297 g/mol. The molecule has 0 saturated heterocycles. The Hall–Kier alpha value is -0.110. The minimum atomic E-state index is -0.962. The van der Waals surface area contributed by atoms with Crippen LogP contribution in [0.2, 0.25) is 0 Å². The predicted octanol–water partition coefficient (Wildman–Crippen LogP) is 0.498. The zero-order valence-corrected chi connectivity index (χ0v) is 9.35. The van der Waals surface area contributed by atoms with E-state index in [1.807, 2.05) is 22.6 Å². The molecule has 2 unspecified atom stereocenters. The van der Waals surface area contributed by atoms with Crippen LogP contribution in [0.4, 0.5) is 0 Å². The second-order valence-electron chi connectivity index (χ2n) is 2.71. The third-order valence-corrected chi connectivity index (χ3v) is 2.24. The lowest BCUT2D eigenvalue weighted by atomic mass is 10.1. The van der Waals surface area contributed by atoms with E-state index in [1.54, 1.807) is 19.2 Å². The van der Waals surface area contributed by atoms with Gasteiger partial charge in [-0.05, 0) is 41.8 Å². The van der Waals surface area contributed by atoms with Crippen LogP contribution in [0.3, 0.4) is 0 Å². The predicted molar refractivity (Wildman–Crippen MR) is 56.3 cm³/mol. The molecule has 2 atom stereocenters. The first kappa shape index (κ1) is 11.0. The van der Waals surface area contributed by atoms with E-state index in [0.29, 0.717) is 16.1 Å². The lowest BCUT2D eigenvalue weighted by Gasteiger charge is -2.14. The van der Waals surface area contributed by atoms with Crippen molar-refractivity contribution >= 4 is 22.6 Å². The van der Waals surface area contributed by atoms with Crippen LogP contribution in [0.1, 0.15) is 11.9 Å². The summed E-state index contributed by atoms with van der Waals surface area (Å²) in [5.74, 6) is 0.396. The summed E-state index contributed by atoms with van der Waals surface area (Å²) in [6.07, 6.45) is -1.80. The summed E-state index contributed by atoms with van der Waals surface area (Å²) in [6.45, 7) is 0.332. The van der Waals surface area contributed by atoms with Crippen LogP contribution in [-0.4, -0.2) is 29.9 Å². The highest BCUT2D eigenvalue weighted by Gasteiger charge is 2.20. The third-order valence-electron chi connectivity index (χ3n) is 1.66. The van der Waals surface area contributed by atoms with Crippen molar-refractivity contribution < 1.29 is 14.6 Å². The zero-order chi connectivity index (χ0) is 9.84. The Morgan fingerprint density at radius 2 is 2.23 bits per heavy atom. The molecule has 0 aliphatic rings. The van der Waals surface area contributed by atoms with Crippen molar-refractivity contribution in [2.24, 2.45) is 0 Å². The van der Waals surface area contributed by atoms with Gasteiger partial charge in [0.25, 0.3) is 0 Å². The van der Waals surface area contributed by atoms with Crippen LogP contribution in [0, 0.1) is 3.77 Å². The zero-order valence-electron chi connectivity index (χ0n) is 7.20. The summed E-state index contributed by atoms with van der Waals surface area (Å²) in [7, 11) is 1.71. The van der Waals surface area contributed by atoms with Crippen LogP contribution in [0.15, 0.2) is 16.5 Å². The fourth-order valence-electron chi connectivity index (χ4n) is 0.998. The lowest BCUT2D eigenvalue weighted by molar-refractivity contribution is 0.00684. The van der Waals surface area contributed by atoms with Gasteiger partial charge in [0.15, 0.2) is 3.77 Å². The highest BCUT2D eigenvalue weighted by Crippen LogP contribution is 2.20. The van der Waals surface area contributed by atoms with Crippen molar-refractivity contribution in [1.29, 1.82) is 0 Å². The molecule has 1 heterocycles. The SMILES string of the molecule is CNCC(O)C(O)c1ccc(I)o1. The maximum absolute atomic E-state index is 9.55. The first-order valence-electron chi connectivity index (χ1n) is 3.91. The second-order valence-corrected chi connectivity index (χ2v) is 3.77. The molecular formula is C8H12INO3. The molecule has 0 aliphatic heterocycles. The molecule has 1 aromatic rings. The number of halogens is 1. The van der Waals surface area contributed by atoms with Crippen LogP contribution in [0.5, 0.6) is 0 Å². The summed E-state index contributed by atoms with van der Waals surface area (Å²) >= 11 is 2.00. The Labute approximate surface area is 90.1 Å². The highest BCUT2D eigenvalue weighted by atomic mass is 127. The maximum Gasteiger partial charge on any atom is 0.164 e. The minimum absolute atomic E-state index is 0.332. The van der Waals surface area contributed by atoms with E-state index >= 15 is 0 Å². The highest BCUT2D eigenvalue weighted by molar-refractivity contribution is 14.1. The van der Waals surface area contributed by atoms with E-state index in [-0.39, 0.29) is 0 Å². The maximum atomic E-state index is 9.55. The van der Waals surface area contributed by atoms with Gasteiger partial charge < -0.3 is 19.9 Å². The fraction of sp³-hybridized carbons (Fsp3) is 0.500. The van der Waals surface area contributed by atoms with Gasteiger partial charge in [-0.3, -0.25) is 0 Å². The van der Waals surface area contributed by atoms with Gasteiger partial charge >= 0.3 is 0 Å². The summed E-state index contributed by atoms with van der Waals surface area (Å²) < 4.78 is 5.86. The quantitative estimate of drug-likeness (QED) is 0.708. The Morgan fingerprint density at radius 3 is 2.69 bits per heavy atom. The molecule has 0 amide bonds. The Morgan fingerprint density at radius 1 is 1.54 bits per heavy atom. The number of nitrogens with one attached hydrogen (secondary N) is 1. The Balaban J connectivity index is 2.61. The topological polar surface area (TPSA) is 65.6 Å². The molecule has 74 valence electrons. The second kappa shape index (κ2) is 4.94. The molecule has 13 heavy (non-hydrogen) atoms. The Kier molecular flexibility index (Phi) is 4.17. The van der Waals surface area contributed by atoms with Crippen LogP contribution >= 0.6 is 22.6 Å². The molecule has 3 N–H and O–H groups in total.